The van der Waals surface area contributed by atoms with Crippen molar-refractivity contribution in [2.45, 2.75) is 19.3 Å². The van der Waals surface area contributed by atoms with E-state index in [2.05, 4.69) is 0 Å². The van der Waals surface area contributed by atoms with E-state index >= 15 is 0 Å². The van der Waals surface area contributed by atoms with Gasteiger partial charge in [-0.15, -0.1) is 11.3 Å². The molecule has 0 aliphatic rings. The fourth-order valence-electron chi connectivity index (χ4n) is 1.25. The summed E-state index contributed by atoms with van der Waals surface area (Å²) in [5.41, 5.74) is -2.81. The van der Waals surface area contributed by atoms with Crippen LogP contribution in [-0.4, -0.2) is 6.18 Å². The molecule has 1 rings (SSSR count). The number of alkyl halides is 6. The van der Waals surface area contributed by atoms with Crippen molar-refractivity contribution in [1.29, 1.82) is 10.5 Å². The van der Waals surface area contributed by atoms with Gasteiger partial charge in [0.25, 0.3) is 0 Å². The molecule has 1 aromatic heterocycles. The monoisotopic (exact) mass is 310 g/mol. The van der Waals surface area contributed by atoms with E-state index in [-0.39, 0.29) is 11.3 Å². The van der Waals surface area contributed by atoms with Crippen molar-refractivity contribution in [1.82, 2.24) is 0 Å². The quantitative estimate of drug-likeness (QED) is 0.718. The van der Waals surface area contributed by atoms with Crippen molar-refractivity contribution in [2.24, 2.45) is 0 Å². The molecule has 0 aromatic carbocycles. The first-order valence-electron chi connectivity index (χ1n) is 4.82. The van der Waals surface area contributed by atoms with Crippen LogP contribution in [0.5, 0.6) is 0 Å². The highest BCUT2D eigenvalue weighted by Crippen LogP contribution is 2.41. The molecule has 0 spiro atoms. The Morgan fingerprint density at radius 3 is 1.90 bits per heavy atom. The molecule has 0 N–H and O–H groups in total. The third-order valence-corrected chi connectivity index (χ3v) is 3.39. The van der Waals surface area contributed by atoms with Gasteiger partial charge in [-0.2, -0.15) is 36.9 Å². The summed E-state index contributed by atoms with van der Waals surface area (Å²) >= 11 is -0.0597. The molecule has 0 saturated carbocycles. The van der Waals surface area contributed by atoms with Gasteiger partial charge in [-0.3, -0.25) is 0 Å². The predicted molar refractivity (Wildman–Crippen MR) is 58.5 cm³/mol. The topological polar surface area (TPSA) is 47.6 Å². The molecule has 0 fully saturated rings. The number of thiophene rings is 1. The zero-order chi connectivity index (χ0) is 15.7. The second-order valence-corrected chi connectivity index (χ2v) is 4.64. The highest BCUT2D eigenvalue weighted by molar-refractivity contribution is 7.13. The van der Waals surface area contributed by atoms with Gasteiger partial charge in [0.1, 0.15) is 17.0 Å². The van der Waals surface area contributed by atoms with E-state index in [0.29, 0.717) is 13.0 Å². The van der Waals surface area contributed by atoms with Gasteiger partial charge in [0.2, 0.25) is 0 Å². The molecule has 0 bridgehead atoms. The Kier molecular flexibility index (Phi) is 4.15. The van der Waals surface area contributed by atoms with E-state index in [1.165, 1.54) is 12.1 Å². The maximum Gasteiger partial charge on any atom is 0.426 e. The molecular formula is C11H4F6N2S. The standard InChI is InChI=1S/C11H4F6N2S/c1-5(10(12,13)14)2-8-6(3-18)7(4-19)9(20-8)11(15,16)17/h2H,1H3/b5-2-. The molecule has 9 heteroatoms. The van der Waals surface area contributed by atoms with Crippen LogP contribution in [0.15, 0.2) is 5.57 Å². The van der Waals surface area contributed by atoms with Crippen molar-refractivity contribution in [3.63, 3.8) is 0 Å². The summed E-state index contributed by atoms with van der Waals surface area (Å²) < 4.78 is 75.0. The highest BCUT2D eigenvalue weighted by atomic mass is 32.1. The molecule has 1 heterocycles. The SMILES string of the molecule is C/C(=C/c1sc(C(F)(F)F)c(C#N)c1C#N)C(F)(F)F. The highest BCUT2D eigenvalue weighted by Gasteiger charge is 2.39. The smallest absolute Gasteiger partial charge is 0.192 e. The number of allylic oxidation sites excluding steroid dienone is 1. The molecule has 0 aliphatic heterocycles. The van der Waals surface area contributed by atoms with Crippen molar-refractivity contribution in [2.75, 3.05) is 0 Å². The Hall–Kier alpha value is -2.00. The Bertz CT molecular complexity index is 636. The molecule has 0 saturated heterocycles. The van der Waals surface area contributed by atoms with Crippen LogP contribution < -0.4 is 0 Å². The Morgan fingerprint density at radius 2 is 1.55 bits per heavy atom. The van der Waals surface area contributed by atoms with Crippen LogP contribution in [0.2, 0.25) is 0 Å². The van der Waals surface area contributed by atoms with Gasteiger partial charge in [-0.05, 0) is 13.0 Å². The van der Waals surface area contributed by atoms with E-state index in [4.69, 9.17) is 10.5 Å². The number of nitrogens with zero attached hydrogens (tertiary/aromatic N) is 2. The summed E-state index contributed by atoms with van der Waals surface area (Å²) in [6.07, 6.45) is -9.19. The first-order chi connectivity index (χ1) is 9.02. The average molecular weight is 310 g/mol. The van der Waals surface area contributed by atoms with Crippen molar-refractivity contribution in [3.8, 4) is 12.1 Å². The zero-order valence-corrected chi connectivity index (χ0v) is 10.5. The van der Waals surface area contributed by atoms with Gasteiger partial charge in [0, 0.05) is 10.5 Å². The normalized spacial score (nSPS) is 12.9. The van der Waals surface area contributed by atoms with E-state index < -0.39 is 38.8 Å². The predicted octanol–water partition coefficient (Wildman–Crippen LogP) is 4.48. The molecule has 106 valence electrons. The lowest BCUT2D eigenvalue weighted by molar-refractivity contribution is -0.134. The maximum atomic E-state index is 12.6. The number of hydrogen-bond acceptors (Lipinski definition) is 3. The second kappa shape index (κ2) is 5.17. The lowest BCUT2D eigenvalue weighted by Gasteiger charge is -2.05. The number of halogens is 6. The van der Waals surface area contributed by atoms with Gasteiger partial charge in [-0.25, -0.2) is 0 Å². The lowest BCUT2D eigenvalue weighted by Crippen LogP contribution is -2.08. The fraction of sp³-hybridized carbons (Fsp3) is 0.273. The molecule has 20 heavy (non-hydrogen) atoms. The van der Waals surface area contributed by atoms with E-state index in [1.54, 1.807) is 0 Å². The summed E-state index contributed by atoms with van der Waals surface area (Å²) in [5, 5.41) is 17.4. The van der Waals surface area contributed by atoms with Crippen LogP contribution in [0.25, 0.3) is 6.08 Å². The van der Waals surface area contributed by atoms with Crippen LogP contribution in [-0.2, 0) is 6.18 Å². The van der Waals surface area contributed by atoms with Gasteiger partial charge in [-0.1, -0.05) is 0 Å². The Morgan fingerprint density at radius 1 is 1.05 bits per heavy atom. The van der Waals surface area contributed by atoms with E-state index in [1.807, 2.05) is 0 Å². The van der Waals surface area contributed by atoms with Crippen LogP contribution in [0, 0.1) is 22.7 Å². The van der Waals surface area contributed by atoms with Gasteiger partial charge >= 0.3 is 12.4 Å². The van der Waals surface area contributed by atoms with Crippen LogP contribution in [0.4, 0.5) is 26.3 Å². The number of rotatable bonds is 1. The molecule has 0 radical (unpaired) electrons. The van der Waals surface area contributed by atoms with E-state index in [0.717, 1.165) is 0 Å². The van der Waals surface area contributed by atoms with Crippen molar-refractivity contribution >= 4 is 17.4 Å². The number of hydrogen-bond donors (Lipinski definition) is 0. The third kappa shape index (κ3) is 3.11. The average Bonchev–Trinajstić information content (AvgIpc) is 2.65. The summed E-state index contributed by atoms with van der Waals surface area (Å²) in [7, 11) is 0. The fourth-order valence-corrected chi connectivity index (χ4v) is 2.32. The van der Waals surface area contributed by atoms with Gasteiger partial charge in [0.15, 0.2) is 0 Å². The van der Waals surface area contributed by atoms with Crippen LogP contribution >= 0.6 is 11.3 Å². The molecule has 0 aliphatic carbocycles. The molecule has 2 nitrogen and oxygen atoms in total. The van der Waals surface area contributed by atoms with E-state index in [9.17, 15) is 26.3 Å². The summed E-state index contributed by atoms with van der Waals surface area (Å²) in [5.74, 6) is 0. The van der Waals surface area contributed by atoms with Crippen LogP contribution in [0.1, 0.15) is 27.8 Å². The number of nitriles is 2. The van der Waals surface area contributed by atoms with Gasteiger partial charge in [0.05, 0.1) is 11.1 Å². The molecule has 0 amide bonds. The molecule has 0 atom stereocenters. The Labute approximate surface area is 113 Å². The summed E-state index contributed by atoms with van der Waals surface area (Å²) in [6, 6.07) is 2.55. The molecule has 1 aromatic rings. The maximum absolute atomic E-state index is 12.6. The molecule has 0 unspecified atom stereocenters. The first kappa shape index (κ1) is 16.1. The first-order valence-corrected chi connectivity index (χ1v) is 5.63. The molecular weight excluding hydrogens is 306 g/mol. The van der Waals surface area contributed by atoms with Crippen molar-refractivity contribution in [3.05, 3.63) is 26.5 Å². The minimum absolute atomic E-state index is 0.0597. The Balaban J connectivity index is 3.57. The largest absolute Gasteiger partial charge is 0.426 e. The van der Waals surface area contributed by atoms with Gasteiger partial charge < -0.3 is 0 Å². The third-order valence-electron chi connectivity index (χ3n) is 2.21. The minimum Gasteiger partial charge on any atom is -0.192 e. The van der Waals surface area contributed by atoms with Crippen molar-refractivity contribution < 1.29 is 26.3 Å². The summed E-state index contributed by atoms with van der Waals surface area (Å²) in [4.78, 5) is -1.91. The summed E-state index contributed by atoms with van der Waals surface area (Å²) in [6.45, 7) is 0.667. The zero-order valence-electron chi connectivity index (χ0n) is 9.65. The van der Waals surface area contributed by atoms with Crippen LogP contribution in [0.3, 0.4) is 0 Å². The second-order valence-electron chi connectivity index (χ2n) is 3.59. The minimum atomic E-state index is -4.90. The lowest BCUT2D eigenvalue weighted by atomic mass is 10.1.